The summed E-state index contributed by atoms with van der Waals surface area (Å²) < 4.78 is 11.0. The second-order valence-corrected chi connectivity index (χ2v) is 5.05. The summed E-state index contributed by atoms with van der Waals surface area (Å²) in [4.78, 5) is 0. The zero-order valence-corrected chi connectivity index (χ0v) is 13.0. The first-order chi connectivity index (χ1) is 10.2. The van der Waals surface area contributed by atoms with Crippen molar-refractivity contribution in [2.45, 2.75) is 26.8 Å². The number of benzene rings is 2. The number of hydrogen-bond donors (Lipinski definition) is 1. The molecule has 0 aliphatic carbocycles. The first-order valence-corrected chi connectivity index (χ1v) is 7.33. The average Bonchev–Trinajstić information content (AvgIpc) is 2.52. The quantitative estimate of drug-likeness (QED) is 0.817. The zero-order chi connectivity index (χ0) is 15.1. The molecule has 0 aliphatic rings. The third-order valence-electron chi connectivity index (χ3n) is 3.23. The van der Waals surface area contributed by atoms with Gasteiger partial charge in [0.2, 0.25) is 0 Å². The molecule has 0 atom stereocenters. The molecule has 0 bridgehead atoms. The topological polar surface area (TPSA) is 30.5 Å². The first-order valence-electron chi connectivity index (χ1n) is 7.33. The molecular weight excluding hydrogens is 262 g/mol. The summed E-state index contributed by atoms with van der Waals surface area (Å²) in [6, 6.07) is 14.3. The molecule has 0 aromatic heterocycles. The Morgan fingerprint density at radius 1 is 1.05 bits per heavy atom. The molecule has 0 aliphatic heterocycles. The highest BCUT2D eigenvalue weighted by Crippen LogP contribution is 2.25. The van der Waals surface area contributed by atoms with Gasteiger partial charge in [-0.15, -0.1) is 0 Å². The molecule has 0 saturated carbocycles. The second-order valence-electron chi connectivity index (χ2n) is 5.05. The highest BCUT2D eigenvalue weighted by Gasteiger charge is 2.03. The predicted molar refractivity (Wildman–Crippen MR) is 87.3 cm³/mol. The third kappa shape index (κ3) is 4.42. The van der Waals surface area contributed by atoms with E-state index >= 15 is 0 Å². The minimum absolute atomic E-state index is 0.758. The summed E-state index contributed by atoms with van der Waals surface area (Å²) in [6.07, 6.45) is 1.02. The highest BCUT2D eigenvalue weighted by molar-refractivity contribution is 5.58. The van der Waals surface area contributed by atoms with Crippen molar-refractivity contribution in [3.63, 3.8) is 0 Å². The monoisotopic (exact) mass is 285 g/mol. The van der Waals surface area contributed by atoms with Crippen LogP contribution in [0.25, 0.3) is 0 Å². The van der Waals surface area contributed by atoms with Crippen LogP contribution in [-0.2, 0) is 6.54 Å². The number of nitrogens with one attached hydrogen (secondary N) is 1. The highest BCUT2D eigenvalue weighted by atomic mass is 16.5. The number of aryl methyl sites for hydroxylation is 1. The zero-order valence-electron chi connectivity index (χ0n) is 13.0. The number of hydrogen-bond acceptors (Lipinski definition) is 3. The minimum atomic E-state index is 0.758. The van der Waals surface area contributed by atoms with E-state index in [2.05, 4.69) is 37.4 Å². The molecule has 112 valence electrons. The van der Waals surface area contributed by atoms with Crippen molar-refractivity contribution in [1.29, 1.82) is 0 Å². The van der Waals surface area contributed by atoms with Gasteiger partial charge in [0, 0.05) is 6.54 Å². The standard InChI is InChI=1S/C18H23NO2/c1-4-11-21-16-8-6-15(7-9-16)13-19-17-12-14(2)5-10-18(17)20-3/h5-10,12,19H,4,11,13H2,1-3H3. The van der Waals surface area contributed by atoms with E-state index in [9.17, 15) is 0 Å². The number of rotatable bonds is 7. The van der Waals surface area contributed by atoms with Crippen molar-refractivity contribution in [2.75, 3.05) is 19.0 Å². The van der Waals surface area contributed by atoms with E-state index in [0.29, 0.717) is 0 Å². The van der Waals surface area contributed by atoms with Crippen LogP contribution in [0.4, 0.5) is 5.69 Å². The minimum Gasteiger partial charge on any atom is -0.495 e. The lowest BCUT2D eigenvalue weighted by atomic mass is 10.2. The van der Waals surface area contributed by atoms with Crippen LogP contribution >= 0.6 is 0 Å². The van der Waals surface area contributed by atoms with Crippen molar-refractivity contribution in [2.24, 2.45) is 0 Å². The molecule has 2 rings (SSSR count). The molecule has 1 N–H and O–H groups in total. The van der Waals surface area contributed by atoms with Gasteiger partial charge < -0.3 is 14.8 Å². The van der Waals surface area contributed by atoms with Crippen LogP contribution in [0, 0.1) is 6.92 Å². The van der Waals surface area contributed by atoms with Crippen LogP contribution in [0.1, 0.15) is 24.5 Å². The molecule has 0 heterocycles. The Morgan fingerprint density at radius 2 is 1.81 bits per heavy atom. The Labute approximate surface area is 126 Å². The Hall–Kier alpha value is -2.16. The van der Waals surface area contributed by atoms with Gasteiger partial charge in [-0.2, -0.15) is 0 Å². The van der Waals surface area contributed by atoms with Crippen molar-refractivity contribution < 1.29 is 9.47 Å². The fourth-order valence-corrected chi connectivity index (χ4v) is 2.08. The molecule has 2 aromatic rings. The Balaban J connectivity index is 1.98. The van der Waals surface area contributed by atoms with Gasteiger partial charge in [-0.1, -0.05) is 25.1 Å². The van der Waals surface area contributed by atoms with Gasteiger partial charge in [-0.05, 0) is 48.7 Å². The number of ether oxygens (including phenoxy) is 2. The molecule has 0 saturated heterocycles. The smallest absolute Gasteiger partial charge is 0.141 e. The van der Waals surface area contributed by atoms with E-state index < -0.39 is 0 Å². The largest absolute Gasteiger partial charge is 0.495 e. The van der Waals surface area contributed by atoms with Gasteiger partial charge in [0.15, 0.2) is 0 Å². The second kappa shape index (κ2) is 7.58. The van der Waals surface area contributed by atoms with Gasteiger partial charge >= 0.3 is 0 Å². The van der Waals surface area contributed by atoms with Crippen LogP contribution in [0.2, 0.25) is 0 Å². The van der Waals surface area contributed by atoms with E-state index in [1.54, 1.807) is 7.11 Å². The number of anilines is 1. The van der Waals surface area contributed by atoms with Gasteiger partial charge in [0.25, 0.3) is 0 Å². The molecule has 2 aromatic carbocycles. The Bertz CT molecular complexity index is 564. The summed E-state index contributed by atoms with van der Waals surface area (Å²) in [5.41, 5.74) is 3.44. The van der Waals surface area contributed by atoms with Gasteiger partial charge in [-0.3, -0.25) is 0 Å². The predicted octanol–water partition coefficient (Wildman–Crippen LogP) is 4.40. The molecule has 21 heavy (non-hydrogen) atoms. The van der Waals surface area contributed by atoms with Gasteiger partial charge in [0.1, 0.15) is 11.5 Å². The van der Waals surface area contributed by atoms with Gasteiger partial charge in [0.05, 0.1) is 19.4 Å². The molecule has 0 unspecified atom stereocenters. The fourth-order valence-electron chi connectivity index (χ4n) is 2.08. The lowest BCUT2D eigenvalue weighted by Gasteiger charge is -2.12. The summed E-state index contributed by atoms with van der Waals surface area (Å²) >= 11 is 0. The van der Waals surface area contributed by atoms with Crippen molar-refractivity contribution in [1.82, 2.24) is 0 Å². The molecule has 0 amide bonds. The maximum atomic E-state index is 5.58. The lowest BCUT2D eigenvalue weighted by Crippen LogP contribution is -2.02. The van der Waals surface area contributed by atoms with E-state index in [1.807, 2.05) is 24.3 Å². The molecule has 0 fully saturated rings. The van der Waals surface area contributed by atoms with Crippen LogP contribution in [0.3, 0.4) is 0 Å². The van der Waals surface area contributed by atoms with Crippen molar-refractivity contribution in [3.05, 3.63) is 53.6 Å². The summed E-state index contributed by atoms with van der Waals surface area (Å²) in [5.74, 6) is 1.79. The van der Waals surface area contributed by atoms with Gasteiger partial charge in [-0.25, -0.2) is 0 Å². The van der Waals surface area contributed by atoms with Crippen LogP contribution in [0.15, 0.2) is 42.5 Å². The summed E-state index contributed by atoms with van der Waals surface area (Å²) in [5, 5.41) is 3.42. The third-order valence-corrected chi connectivity index (χ3v) is 3.23. The average molecular weight is 285 g/mol. The Kier molecular flexibility index (Phi) is 5.50. The van der Waals surface area contributed by atoms with Crippen LogP contribution < -0.4 is 14.8 Å². The summed E-state index contributed by atoms with van der Waals surface area (Å²) in [6.45, 7) is 5.70. The van der Waals surface area contributed by atoms with Crippen molar-refractivity contribution >= 4 is 5.69 Å². The maximum absolute atomic E-state index is 5.58. The molecular formula is C18H23NO2. The molecule has 0 spiro atoms. The molecule has 3 heteroatoms. The maximum Gasteiger partial charge on any atom is 0.141 e. The molecule has 0 radical (unpaired) electrons. The SMILES string of the molecule is CCCOc1ccc(CNc2cc(C)ccc2OC)cc1. The van der Waals surface area contributed by atoms with Crippen LogP contribution in [-0.4, -0.2) is 13.7 Å². The lowest BCUT2D eigenvalue weighted by molar-refractivity contribution is 0.317. The van der Waals surface area contributed by atoms with Crippen molar-refractivity contribution in [3.8, 4) is 11.5 Å². The first kappa shape index (κ1) is 15.2. The van der Waals surface area contributed by atoms with E-state index in [0.717, 1.165) is 36.8 Å². The van der Waals surface area contributed by atoms with E-state index in [1.165, 1.54) is 11.1 Å². The van der Waals surface area contributed by atoms with E-state index in [-0.39, 0.29) is 0 Å². The molecule has 3 nitrogen and oxygen atoms in total. The normalized spacial score (nSPS) is 10.2. The van der Waals surface area contributed by atoms with E-state index in [4.69, 9.17) is 9.47 Å². The fraction of sp³-hybridized carbons (Fsp3) is 0.333. The summed E-state index contributed by atoms with van der Waals surface area (Å²) in [7, 11) is 1.69. The van der Waals surface area contributed by atoms with Crippen LogP contribution in [0.5, 0.6) is 11.5 Å². The number of methoxy groups -OCH3 is 1. The Morgan fingerprint density at radius 3 is 2.48 bits per heavy atom.